The highest BCUT2D eigenvalue weighted by Crippen LogP contribution is 2.18. The first-order valence-corrected chi connectivity index (χ1v) is 10.4. The highest BCUT2D eigenvalue weighted by atomic mass is 32.2. The van der Waals surface area contributed by atoms with Gasteiger partial charge in [0, 0.05) is 20.6 Å². The second-order valence-electron chi connectivity index (χ2n) is 5.83. The van der Waals surface area contributed by atoms with Crippen LogP contribution < -0.4 is 10.0 Å². The maximum absolute atomic E-state index is 12.4. The number of nitrogens with one attached hydrogen (secondary N) is 2. The Bertz CT molecular complexity index is 739. The molecule has 1 aromatic carbocycles. The van der Waals surface area contributed by atoms with Gasteiger partial charge in [0.05, 0.1) is 9.79 Å². The zero-order valence-corrected chi connectivity index (χ0v) is 15.0. The Morgan fingerprint density at radius 1 is 1.22 bits per heavy atom. The summed E-state index contributed by atoms with van der Waals surface area (Å²) < 4.78 is 52.6. The second-order valence-corrected chi connectivity index (χ2v) is 9.75. The third-order valence-corrected chi connectivity index (χ3v) is 7.09. The van der Waals surface area contributed by atoms with E-state index in [2.05, 4.69) is 10.0 Å². The quantitative estimate of drug-likeness (QED) is 0.755. The third-order valence-electron chi connectivity index (χ3n) is 3.86. The van der Waals surface area contributed by atoms with Gasteiger partial charge in [-0.05, 0) is 50.0 Å². The first-order chi connectivity index (χ1) is 10.7. The maximum atomic E-state index is 12.4. The Labute approximate surface area is 138 Å². The first kappa shape index (κ1) is 18.3. The lowest BCUT2D eigenvalue weighted by molar-refractivity contribution is 0.376. The molecule has 1 atom stereocenters. The van der Waals surface area contributed by atoms with Crippen LogP contribution in [0.5, 0.6) is 0 Å². The van der Waals surface area contributed by atoms with Crippen molar-refractivity contribution in [2.45, 2.75) is 22.6 Å². The van der Waals surface area contributed by atoms with E-state index in [4.69, 9.17) is 0 Å². The molecule has 1 unspecified atom stereocenters. The van der Waals surface area contributed by atoms with Gasteiger partial charge in [0.2, 0.25) is 20.0 Å². The van der Waals surface area contributed by atoms with E-state index in [1.807, 2.05) is 0 Å². The summed E-state index contributed by atoms with van der Waals surface area (Å²) in [6.45, 7) is 2.10. The Kier molecular flexibility index (Phi) is 5.79. The van der Waals surface area contributed by atoms with Crippen LogP contribution in [0.4, 0.5) is 0 Å². The molecule has 0 bridgehead atoms. The van der Waals surface area contributed by atoms with Gasteiger partial charge in [0.1, 0.15) is 0 Å². The average Bonchev–Trinajstić information content (AvgIpc) is 2.54. The van der Waals surface area contributed by atoms with E-state index >= 15 is 0 Å². The van der Waals surface area contributed by atoms with Gasteiger partial charge >= 0.3 is 0 Å². The SMILES string of the molecule is CN(C)S(=O)(=O)c1cccc(S(=O)(=O)NCC2CCCNC2)c1. The highest BCUT2D eigenvalue weighted by Gasteiger charge is 2.22. The van der Waals surface area contributed by atoms with E-state index in [1.54, 1.807) is 0 Å². The normalized spacial score (nSPS) is 19.9. The number of nitrogens with zero attached hydrogens (tertiary/aromatic N) is 1. The number of rotatable bonds is 6. The summed E-state index contributed by atoms with van der Waals surface area (Å²) in [5.41, 5.74) is 0. The summed E-state index contributed by atoms with van der Waals surface area (Å²) in [7, 11) is -4.58. The van der Waals surface area contributed by atoms with Gasteiger partial charge in [-0.15, -0.1) is 0 Å². The van der Waals surface area contributed by atoms with Crippen molar-refractivity contribution in [2.75, 3.05) is 33.7 Å². The molecular formula is C14H23N3O4S2. The van der Waals surface area contributed by atoms with E-state index < -0.39 is 20.0 Å². The minimum Gasteiger partial charge on any atom is -0.316 e. The van der Waals surface area contributed by atoms with E-state index in [0.29, 0.717) is 6.54 Å². The minimum atomic E-state index is -3.73. The van der Waals surface area contributed by atoms with Gasteiger partial charge in [0.15, 0.2) is 0 Å². The molecule has 9 heteroatoms. The summed E-state index contributed by atoms with van der Waals surface area (Å²) in [5.74, 6) is 0.257. The number of benzene rings is 1. The fourth-order valence-electron chi connectivity index (χ4n) is 2.42. The van der Waals surface area contributed by atoms with Crippen molar-refractivity contribution in [3.8, 4) is 0 Å². The van der Waals surface area contributed by atoms with Crippen LogP contribution in [0, 0.1) is 5.92 Å². The van der Waals surface area contributed by atoms with Crippen molar-refractivity contribution in [3.63, 3.8) is 0 Å². The summed E-state index contributed by atoms with van der Waals surface area (Å²) in [5, 5.41) is 3.23. The van der Waals surface area contributed by atoms with E-state index in [-0.39, 0.29) is 15.7 Å². The zero-order chi connectivity index (χ0) is 17.1. The summed E-state index contributed by atoms with van der Waals surface area (Å²) in [6.07, 6.45) is 2.01. The number of hydrogen-bond acceptors (Lipinski definition) is 5. The molecule has 1 aliphatic heterocycles. The van der Waals surface area contributed by atoms with Crippen molar-refractivity contribution in [3.05, 3.63) is 24.3 Å². The first-order valence-electron chi connectivity index (χ1n) is 7.46. The molecule has 2 rings (SSSR count). The molecule has 23 heavy (non-hydrogen) atoms. The smallest absolute Gasteiger partial charge is 0.242 e. The maximum Gasteiger partial charge on any atom is 0.242 e. The average molecular weight is 361 g/mol. The van der Waals surface area contributed by atoms with Crippen LogP contribution in [0.1, 0.15) is 12.8 Å². The van der Waals surface area contributed by atoms with Gasteiger partial charge in [-0.1, -0.05) is 6.07 Å². The minimum absolute atomic E-state index is 0.0373. The molecule has 1 saturated heterocycles. The lowest BCUT2D eigenvalue weighted by atomic mass is 10.0. The Morgan fingerprint density at radius 2 is 1.91 bits per heavy atom. The predicted octanol–water partition coefficient (Wildman–Crippen LogP) is 0.215. The molecule has 1 heterocycles. The van der Waals surface area contributed by atoms with Crippen LogP contribution in [0.25, 0.3) is 0 Å². The van der Waals surface area contributed by atoms with Crippen LogP contribution in [0.2, 0.25) is 0 Å². The number of sulfonamides is 2. The van der Waals surface area contributed by atoms with Gasteiger partial charge in [-0.2, -0.15) is 0 Å². The van der Waals surface area contributed by atoms with E-state index in [0.717, 1.165) is 30.2 Å². The standard InChI is InChI=1S/C14H23N3O4S2/c1-17(2)23(20,21)14-7-3-6-13(9-14)22(18,19)16-11-12-5-4-8-15-10-12/h3,6-7,9,12,15-16H,4-5,8,10-11H2,1-2H3. The molecule has 0 saturated carbocycles. The molecule has 0 aliphatic carbocycles. The monoisotopic (exact) mass is 361 g/mol. The van der Waals surface area contributed by atoms with Crippen molar-refractivity contribution in [1.29, 1.82) is 0 Å². The summed E-state index contributed by atoms with van der Waals surface area (Å²) in [6, 6.07) is 5.42. The van der Waals surface area contributed by atoms with Crippen molar-refractivity contribution in [1.82, 2.24) is 14.3 Å². The number of piperidine rings is 1. The van der Waals surface area contributed by atoms with Crippen LogP contribution in [0.3, 0.4) is 0 Å². The molecule has 1 aliphatic rings. The van der Waals surface area contributed by atoms with Gasteiger partial charge in [-0.25, -0.2) is 25.9 Å². The molecule has 1 fully saturated rings. The van der Waals surface area contributed by atoms with Crippen molar-refractivity contribution >= 4 is 20.0 Å². The largest absolute Gasteiger partial charge is 0.316 e. The molecule has 0 amide bonds. The molecule has 0 radical (unpaired) electrons. The number of hydrogen-bond donors (Lipinski definition) is 2. The molecule has 0 spiro atoms. The van der Waals surface area contributed by atoms with Crippen LogP contribution in [-0.2, 0) is 20.0 Å². The Balaban J connectivity index is 2.16. The zero-order valence-electron chi connectivity index (χ0n) is 13.3. The molecule has 2 N–H and O–H groups in total. The van der Waals surface area contributed by atoms with E-state index in [1.165, 1.54) is 38.4 Å². The van der Waals surface area contributed by atoms with Gasteiger partial charge in [-0.3, -0.25) is 0 Å². The third kappa shape index (κ3) is 4.51. The van der Waals surface area contributed by atoms with Gasteiger partial charge in [0.25, 0.3) is 0 Å². The van der Waals surface area contributed by atoms with Crippen molar-refractivity contribution < 1.29 is 16.8 Å². The molecular weight excluding hydrogens is 338 g/mol. The topological polar surface area (TPSA) is 95.6 Å². The summed E-state index contributed by atoms with van der Waals surface area (Å²) in [4.78, 5) is -0.0751. The van der Waals surface area contributed by atoms with Crippen molar-refractivity contribution in [2.24, 2.45) is 5.92 Å². The highest BCUT2D eigenvalue weighted by molar-refractivity contribution is 7.90. The Morgan fingerprint density at radius 3 is 2.52 bits per heavy atom. The predicted molar refractivity (Wildman–Crippen MR) is 88.1 cm³/mol. The molecule has 130 valence electrons. The fourth-order valence-corrected chi connectivity index (χ4v) is 4.61. The molecule has 0 aromatic heterocycles. The Hall–Kier alpha value is -1.00. The van der Waals surface area contributed by atoms with Crippen LogP contribution in [-0.4, -0.2) is 54.9 Å². The van der Waals surface area contributed by atoms with E-state index in [9.17, 15) is 16.8 Å². The van der Waals surface area contributed by atoms with Crippen LogP contribution >= 0.6 is 0 Å². The van der Waals surface area contributed by atoms with Gasteiger partial charge < -0.3 is 5.32 Å². The molecule has 7 nitrogen and oxygen atoms in total. The van der Waals surface area contributed by atoms with Crippen LogP contribution in [0.15, 0.2) is 34.1 Å². The molecule has 1 aromatic rings. The summed E-state index contributed by atoms with van der Waals surface area (Å²) >= 11 is 0. The second kappa shape index (κ2) is 7.27. The lowest BCUT2D eigenvalue weighted by Crippen LogP contribution is -2.38. The lowest BCUT2D eigenvalue weighted by Gasteiger charge is -2.22. The fraction of sp³-hybridized carbons (Fsp3) is 0.571.